The summed E-state index contributed by atoms with van der Waals surface area (Å²) in [6.07, 6.45) is 36.4. The van der Waals surface area contributed by atoms with Crippen molar-refractivity contribution in [3.05, 3.63) is 36.5 Å². The summed E-state index contributed by atoms with van der Waals surface area (Å²) in [5.74, 6) is -0.377. The Morgan fingerprint density at radius 3 is 1.42 bits per heavy atom. The van der Waals surface area contributed by atoms with Crippen LogP contribution in [-0.4, -0.2) is 142 Å². The molecule has 0 aromatic rings. The number of hydrogen-bond acceptors (Lipinski definition) is 14. The van der Waals surface area contributed by atoms with Crippen LogP contribution in [0.15, 0.2) is 36.5 Å². The van der Waals surface area contributed by atoms with Gasteiger partial charge in [-0.15, -0.1) is 0 Å². The second-order valence-electron chi connectivity index (χ2n) is 20.4. The number of esters is 1. The Bertz CT molecular complexity index is 1330. The summed E-state index contributed by atoms with van der Waals surface area (Å²) in [7, 11) is 0. The number of ether oxygens (including phenoxy) is 6. The molecule has 72 heavy (non-hydrogen) atoms. The quantitative estimate of drug-likeness (QED) is 0.0172. The lowest BCUT2D eigenvalue weighted by Gasteiger charge is -2.42. The number of carbonyl (C=O) groups excluding carboxylic acids is 1. The van der Waals surface area contributed by atoms with Gasteiger partial charge in [0.25, 0.3) is 0 Å². The van der Waals surface area contributed by atoms with Gasteiger partial charge in [0.1, 0.15) is 54.9 Å². The Kier molecular flexibility index (Phi) is 41.8. The summed E-state index contributed by atoms with van der Waals surface area (Å²) in [5, 5.41) is 72.3. The molecule has 2 rings (SSSR count). The van der Waals surface area contributed by atoms with E-state index in [2.05, 4.69) is 50.3 Å². The van der Waals surface area contributed by atoms with Gasteiger partial charge >= 0.3 is 5.97 Å². The number of aliphatic hydroxyl groups excluding tert-OH is 7. The SMILES string of the molecule is CC/C=C\C/C=C\C/C=C\CCCCCCCCOCC(COC1OC(COC2OC(CO)C(O)C(O)C2O)C(O)C(O)C1O)OC(=O)CCCCCCCCCCCCCCCCCCCCCCCC. The Balaban J connectivity index is 1.70. The molecule has 7 N–H and O–H groups in total. The zero-order chi connectivity index (χ0) is 52.3. The van der Waals surface area contributed by atoms with E-state index >= 15 is 0 Å². The first-order chi connectivity index (χ1) is 35.1. The van der Waals surface area contributed by atoms with Crippen molar-refractivity contribution in [3.63, 3.8) is 0 Å². The highest BCUT2D eigenvalue weighted by Gasteiger charge is 2.47. The monoisotopic (exact) mass is 1030 g/mol. The van der Waals surface area contributed by atoms with Crippen molar-refractivity contribution >= 4 is 5.97 Å². The minimum atomic E-state index is -1.71. The van der Waals surface area contributed by atoms with E-state index < -0.39 is 80.7 Å². The van der Waals surface area contributed by atoms with E-state index in [4.69, 9.17) is 28.4 Å². The summed E-state index contributed by atoms with van der Waals surface area (Å²) in [6.45, 7) is 3.58. The zero-order valence-electron chi connectivity index (χ0n) is 45.2. The van der Waals surface area contributed by atoms with Crippen molar-refractivity contribution < 1.29 is 69.0 Å². The lowest BCUT2D eigenvalue weighted by Crippen LogP contribution is -2.61. The minimum absolute atomic E-state index is 0.0553. The van der Waals surface area contributed by atoms with E-state index in [0.717, 1.165) is 70.6 Å². The third-order valence-electron chi connectivity index (χ3n) is 13.9. The largest absolute Gasteiger partial charge is 0.457 e. The van der Waals surface area contributed by atoms with E-state index in [9.17, 15) is 40.5 Å². The van der Waals surface area contributed by atoms with Crippen molar-refractivity contribution in [2.45, 2.75) is 293 Å². The number of aliphatic hydroxyl groups is 7. The normalized spacial score (nSPS) is 25.3. The number of unbranched alkanes of at least 4 members (excludes halogenated alkanes) is 27. The fraction of sp³-hybridized carbons (Fsp3) is 0.879. The van der Waals surface area contributed by atoms with Gasteiger partial charge in [-0.1, -0.05) is 211 Å². The first-order valence-electron chi connectivity index (χ1n) is 29.1. The lowest BCUT2D eigenvalue weighted by molar-refractivity contribution is -0.332. The summed E-state index contributed by atoms with van der Waals surface area (Å²) < 4.78 is 34.4. The van der Waals surface area contributed by atoms with Crippen LogP contribution >= 0.6 is 0 Å². The third-order valence-corrected chi connectivity index (χ3v) is 13.9. The highest BCUT2D eigenvalue weighted by molar-refractivity contribution is 5.69. The topological polar surface area (TPSA) is 214 Å². The molecule has 14 nitrogen and oxygen atoms in total. The molecule has 2 aliphatic rings. The maximum atomic E-state index is 13.1. The van der Waals surface area contributed by atoms with Crippen LogP contribution in [0.3, 0.4) is 0 Å². The molecule has 2 fully saturated rings. The van der Waals surface area contributed by atoms with Crippen LogP contribution in [-0.2, 0) is 33.2 Å². The molecule has 11 atom stereocenters. The molecular weight excluding hydrogens is 921 g/mol. The van der Waals surface area contributed by atoms with Gasteiger partial charge in [-0.25, -0.2) is 0 Å². The molecule has 11 unspecified atom stereocenters. The van der Waals surface area contributed by atoms with Crippen LogP contribution < -0.4 is 0 Å². The predicted molar refractivity (Wildman–Crippen MR) is 284 cm³/mol. The van der Waals surface area contributed by atoms with Crippen LogP contribution in [0.4, 0.5) is 0 Å². The second-order valence-corrected chi connectivity index (χ2v) is 20.4. The molecule has 0 aliphatic carbocycles. The molecule has 2 aliphatic heterocycles. The molecular formula is C58H106O14. The Hall–Kier alpha value is -1.79. The highest BCUT2D eigenvalue weighted by atomic mass is 16.7. The smallest absolute Gasteiger partial charge is 0.306 e. The van der Waals surface area contributed by atoms with Gasteiger partial charge in [-0.2, -0.15) is 0 Å². The number of allylic oxidation sites excluding steroid dienone is 6. The minimum Gasteiger partial charge on any atom is -0.457 e. The van der Waals surface area contributed by atoms with Crippen LogP contribution in [0.25, 0.3) is 0 Å². The van der Waals surface area contributed by atoms with Crippen LogP contribution in [0.2, 0.25) is 0 Å². The molecule has 0 aromatic carbocycles. The molecule has 422 valence electrons. The molecule has 14 heteroatoms. The predicted octanol–water partition coefficient (Wildman–Crippen LogP) is 10.1. The fourth-order valence-corrected chi connectivity index (χ4v) is 9.24. The number of rotatable bonds is 47. The standard InChI is InChI=1S/C58H106O14/c1-3-5-7-9-11-13-15-17-19-21-22-23-24-25-26-27-29-31-33-35-37-39-41-50(60)70-47(44-67-42-40-38-36-34-32-30-28-20-18-16-14-12-10-8-6-4-2)45-68-57-56(66)54(64)52(62)49(72-57)46-69-58-55(65)53(63)51(61)48(43-59)71-58/h6,8,12,14,18,20,47-49,51-59,61-66H,3-5,7,9-11,13,15-17,19,21-46H2,1-2H3/b8-6-,14-12-,20-18-. The van der Waals surface area contributed by atoms with E-state index in [1.165, 1.54) is 128 Å². The van der Waals surface area contributed by atoms with Crippen molar-refractivity contribution in [1.82, 2.24) is 0 Å². The van der Waals surface area contributed by atoms with E-state index in [1.807, 2.05) is 0 Å². The average molecular weight is 1030 g/mol. The van der Waals surface area contributed by atoms with Gasteiger partial charge in [0.05, 0.1) is 26.4 Å². The van der Waals surface area contributed by atoms with Gasteiger partial charge in [0.2, 0.25) is 0 Å². The molecule has 0 amide bonds. The van der Waals surface area contributed by atoms with Gasteiger partial charge in [-0.3, -0.25) is 4.79 Å². The Morgan fingerprint density at radius 2 is 0.903 bits per heavy atom. The first kappa shape index (κ1) is 66.3. The molecule has 0 aromatic heterocycles. The van der Waals surface area contributed by atoms with E-state index in [1.54, 1.807) is 0 Å². The molecule has 0 radical (unpaired) electrons. The number of hydrogen-bond donors (Lipinski definition) is 7. The zero-order valence-corrected chi connectivity index (χ0v) is 45.2. The van der Waals surface area contributed by atoms with Crippen LogP contribution in [0.1, 0.15) is 226 Å². The third kappa shape index (κ3) is 31.9. The van der Waals surface area contributed by atoms with Crippen molar-refractivity contribution in [2.75, 3.05) is 33.0 Å². The summed E-state index contributed by atoms with van der Waals surface area (Å²) >= 11 is 0. The average Bonchev–Trinajstić information content (AvgIpc) is 3.38. The van der Waals surface area contributed by atoms with Gasteiger partial charge in [0, 0.05) is 13.0 Å². The van der Waals surface area contributed by atoms with E-state index in [0.29, 0.717) is 13.0 Å². The fourth-order valence-electron chi connectivity index (χ4n) is 9.24. The molecule has 2 saturated heterocycles. The van der Waals surface area contributed by atoms with Gasteiger partial charge in [-0.05, 0) is 44.9 Å². The first-order valence-corrected chi connectivity index (χ1v) is 29.1. The van der Waals surface area contributed by atoms with Gasteiger partial charge < -0.3 is 64.2 Å². The van der Waals surface area contributed by atoms with E-state index in [-0.39, 0.29) is 25.6 Å². The molecule has 2 heterocycles. The maximum Gasteiger partial charge on any atom is 0.306 e. The molecule has 0 saturated carbocycles. The van der Waals surface area contributed by atoms with Crippen molar-refractivity contribution in [2.24, 2.45) is 0 Å². The lowest BCUT2D eigenvalue weighted by atomic mass is 9.98. The van der Waals surface area contributed by atoms with Gasteiger partial charge in [0.15, 0.2) is 12.6 Å². The Labute approximate surface area is 436 Å². The highest BCUT2D eigenvalue weighted by Crippen LogP contribution is 2.27. The van der Waals surface area contributed by atoms with Crippen molar-refractivity contribution in [3.8, 4) is 0 Å². The summed E-state index contributed by atoms with van der Waals surface area (Å²) in [4.78, 5) is 13.1. The molecule has 0 spiro atoms. The van der Waals surface area contributed by atoms with Crippen LogP contribution in [0, 0.1) is 0 Å². The number of carbonyl (C=O) groups is 1. The summed E-state index contributed by atoms with van der Waals surface area (Å²) in [6, 6.07) is 0. The maximum absolute atomic E-state index is 13.1. The van der Waals surface area contributed by atoms with Crippen LogP contribution in [0.5, 0.6) is 0 Å². The van der Waals surface area contributed by atoms with Crippen molar-refractivity contribution in [1.29, 1.82) is 0 Å². The second kappa shape index (κ2) is 45.4. The molecule has 0 bridgehead atoms. The Morgan fingerprint density at radius 1 is 0.472 bits per heavy atom. The summed E-state index contributed by atoms with van der Waals surface area (Å²) in [5.41, 5.74) is 0.